The van der Waals surface area contributed by atoms with Gasteiger partial charge in [-0.15, -0.1) is 0 Å². The first-order valence-corrected chi connectivity index (χ1v) is 7.38. The monoisotopic (exact) mass is 322 g/mol. The van der Waals surface area contributed by atoms with Gasteiger partial charge >= 0.3 is 0 Å². The first-order valence-electron chi connectivity index (χ1n) is 7.38. The van der Waals surface area contributed by atoms with Crippen LogP contribution in [0.15, 0.2) is 46.1 Å². The minimum Gasteiger partial charge on any atom is -0.334 e. The summed E-state index contributed by atoms with van der Waals surface area (Å²) in [6.45, 7) is 2.18. The molecule has 0 atom stereocenters. The fourth-order valence-electron chi connectivity index (χ4n) is 2.55. The van der Waals surface area contributed by atoms with Crippen LogP contribution in [0.1, 0.15) is 11.4 Å². The molecule has 4 rings (SSSR count). The van der Waals surface area contributed by atoms with E-state index in [4.69, 9.17) is 4.52 Å². The van der Waals surface area contributed by atoms with Crippen LogP contribution in [0.2, 0.25) is 0 Å². The van der Waals surface area contributed by atoms with Crippen molar-refractivity contribution in [2.24, 2.45) is 7.05 Å². The molecule has 4 aromatic rings. The molecule has 0 saturated carbocycles. The number of aryl methyl sites for hydroxylation is 2. The summed E-state index contributed by atoms with van der Waals surface area (Å²) in [6, 6.07) is 7.79. The van der Waals surface area contributed by atoms with Crippen LogP contribution in [0.5, 0.6) is 0 Å². The Hall–Kier alpha value is -3.29. The lowest BCUT2D eigenvalue weighted by Crippen LogP contribution is -2.21. The molecule has 0 saturated heterocycles. The maximum Gasteiger partial charge on any atom is 0.264 e. The molecule has 24 heavy (non-hydrogen) atoms. The van der Waals surface area contributed by atoms with E-state index in [0.717, 1.165) is 11.1 Å². The van der Waals surface area contributed by atoms with Crippen molar-refractivity contribution >= 4 is 11.0 Å². The van der Waals surface area contributed by atoms with Gasteiger partial charge in [0, 0.05) is 12.6 Å². The molecule has 0 aliphatic heterocycles. The largest absolute Gasteiger partial charge is 0.334 e. The van der Waals surface area contributed by atoms with E-state index in [-0.39, 0.29) is 12.1 Å². The van der Waals surface area contributed by atoms with Crippen molar-refractivity contribution in [2.75, 3.05) is 0 Å². The molecule has 0 N–H and O–H groups in total. The zero-order chi connectivity index (χ0) is 16.7. The van der Waals surface area contributed by atoms with Gasteiger partial charge in [-0.2, -0.15) is 10.1 Å². The van der Waals surface area contributed by atoms with Gasteiger partial charge in [-0.3, -0.25) is 14.0 Å². The molecule has 3 aromatic heterocycles. The molecule has 8 nitrogen and oxygen atoms in total. The summed E-state index contributed by atoms with van der Waals surface area (Å²) < 4.78 is 8.30. The molecule has 1 aromatic carbocycles. The molecule has 120 valence electrons. The van der Waals surface area contributed by atoms with E-state index in [1.807, 2.05) is 31.2 Å². The van der Waals surface area contributed by atoms with Gasteiger partial charge in [0.05, 0.1) is 12.7 Å². The lowest BCUT2D eigenvalue weighted by atomic mass is 10.1. The predicted octanol–water partition coefficient (Wildman–Crippen LogP) is 1.54. The van der Waals surface area contributed by atoms with Gasteiger partial charge in [-0.25, -0.2) is 4.98 Å². The zero-order valence-electron chi connectivity index (χ0n) is 13.2. The van der Waals surface area contributed by atoms with Gasteiger partial charge in [0.1, 0.15) is 11.7 Å². The highest BCUT2D eigenvalue weighted by Crippen LogP contribution is 2.18. The molecular formula is C16H14N6O2. The third kappa shape index (κ3) is 2.37. The fourth-order valence-corrected chi connectivity index (χ4v) is 2.55. The predicted molar refractivity (Wildman–Crippen MR) is 86.3 cm³/mol. The fraction of sp³-hybridized carbons (Fsp3) is 0.188. The van der Waals surface area contributed by atoms with E-state index in [0.29, 0.717) is 22.7 Å². The molecular weight excluding hydrogens is 308 g/mol. The Balaban J connectivity index is 1.67. The number of fused-ring (bicyclic) bond motifs is 1. The molecule has 0 aliphatic rings. The standard InChI is InChI=1S/C16H14N6O2/c1-10-4-3-5-11(6-10)15-19-13(20-24-15)8-22-9-17-14-12(16(22)23)7-18-21(14)2/h3-7,9H,8H2,1-2H3. The van der Waals surface area contributed by atoms with Gasteiger partial charge in [0.25, 0.3) is 11.4 Å². The van der Waals surface area contributed by atoms with Gasteiger partial charge in [-0.1, -0.05) is 22.9 Å². The van der Waals surface area contributed by atoms with Crippen LogP contribution in [0.25, 0.3) is 22.5 Å². The summed E-state index contributed by atoms with van der Waals surface area (Å²) in [5.74, 6) is 0.843. The van der Waals surface area contributed by atoms with Gasteiger partial charge in [0.15, 0.2) is 11.5 Å². The summed E-state index contributed by atoms with van der Waals surface area (Å²) in [7, 11) is 1.74. The minimum absolute atomic E-state index is 0.185. The lowest BCUT2D eigenvalue weighted by Gasteiger charge is -2.01. The Bertz CT molecular complexity index is 1090. The number of aromatic nitrogens is 6. The molecule has 8 heteroatoms. The van der Waals surface area contributed by atoms with Crippen molar-refractivity contribution in [3.63, 3.8) is 0 Å². The maximum absolute atomic E-state index is 12.5. The topological polar surface area (TPSA) is 91.6 Å². The molecule has 0 spiro atoms. The molecule has 0 aliphatic carbocycles. The average Bonchev–Trinajstić information content (AvgIpc) is 3.18. The van der Waals surface area contributed by atoms with E-state index in [1.165, 1.54) is 17.1 Å². The van der Waals surface area contributed by atoms with Crippen LogP contribution in [0.3, 0.4) is 0 Å². The molecule has 0 radical (unpaired) electrons. The van der Waals surface area contributed by atoms with E-state index in [2.05, 4.69) is 20.2 Å². The van der Waals surface area contributed by atoms with E-state index < -0.39 is 0 Å². The van der Waals surface area contributed by atoms with Gasteiger partial charge < -0.3 is 4.52 Å². The van der Waals surface area contributed by atoms with E-state index >= 15 is 0 Å². The molecule has 0 fully saturated rings. The first-order chi connectivity index (χ1) is 11.6. The summed E-state index contributed by atoms with van der Waals surface area (Å²) >= 11 is 0. The Kier molecular flexibility index (Phi) is 3.23. The van der Waals surface area contributed by atoms with Crippen LogP contribution in [-0.2, 0) is 13.6 Å². The number of benzene rings is 1. The second-order valence-electron chi connectivity index (χ2n) is 5.57. The third-order valence-electron chi connectivity index (χ3n) is 3.76. The maximum atomic E-state index is 12.5. The zero-order valence-corrected chi connectivity index (χ0v) is 13.2. The Morgan fingerprint density at radius 1 is 1.29 bits per heavy atom. The van der Waals surface area contributed by atoms with Crippen molar-refractivity contribution < 1.29 is 4.52 Å². The molecule has 3 heterocycles. The van der Waals surface area contributed by atoms with Crippen molar-refractivity contribution in [2.45, 2.75) is 13.5 Å². The van der Waals surface area contributed by atoms with Crippen LogP contribution in [0, 0.1) is 6.92 Å². The smallest absolute Gasteiger partial charge is 0.264 e. The van der Waals surface area contributed by atoms with E-state index in [9.17, 15) is 4.79 Å². The van der Waals surface area contributed by atoms with Crippen LogP contribution >= 0.6 is 0 Å². The number of hydrogen-bond donors (Lipinski definition) is 0. The van der Waals surface area contributed by atoms with Crippen molar-refractivity contribution in [1.29, 1.82) is 0 Å². The Morgan fingerprint density at radius 3 is 3.00 bits per heavy atom. The quantitative estimate of drug-likeness (QED) is 0.568. The van der Waals surface area contributed by atoms with Gasteiger partial charge in [-0.05, 0) is 19.1 Å². The number of nitrogens with zero attached hydrogens (tertiary/aromatic N) is 6. The Morgan fingerprint density at radius 2 is 2.17 bits per heavy atom. The van der Waals surface area contributed by atoms with Crippen LogP contribution < -0.4 is 5.56 Å². The number of hydrogen-bond acceptors (Lipinski definition) is 6. The second kappa shape index (κ2) is 5.41. The minimum atomic E-state index is -0.185. The highest BCUT2D eigenvalue weighted by Gasteiger charge is 2.12. The summed E-state index contributed by atoms with van der Waals surface area (Å²) in [6.07, 6.45) is 2.98. The Labute approximate surface area is 136 Å². The molecule has 0 bridgehead atoms. The number of rotatable bonds is 3. The highest BCUT2D eigenvalue weighted by atomic mass is 16.5. The second-order valence-corrected chi connectivity index (χ2v) is 5.57. The van der Waals surface area contributed by atoms with Crippen LogP contribution in [-0.4, -0.2) is 29.5 Å². The summed E-state index contributed by atoms with van der Waals surface area (Å²) in [5, 5.41) is 8.46. The van der Waals surface area contributed by atoms with Crippen molar-refractivity contribution in [1.82, 2.24) is 29.5 Å². The van der Waals surface area contributed by atoms with Crippen molar-refractivity contribution in [3.05, 3.63) is 58.5 Å². The highest BCUT2D eigenvalue weighted by molar-refractivity contribution is 5.72. The lowest BCUT2D eigenvalue weighted by molar-refractivity contribution is 0.420. The van der Waals surface area contributed by atoms with Crippen molar-refractivity contribution in [3.8, 4) is 11.5 Å². The van der Waals surface area contributed by atoms with E-state index in [1.54, 1.807) is 11.7 Å². The summed E-state index contributed by atoms with van der Waals surface area (Å²) in [4.78, 5) is 21.1. The summed E-state index contributed by atoms with van der Waals surface area (Å²) in [5.41, 5.74) is 2.32. The molecule has 0 amide bonds. The van der Waals surface area contributed by atoms with Crippen LogP contribution in [0.4, 0.5) is 0 Å². The normalized spacial score (nSPS) is 11.2. The molecule has 0 unspecified atom stereocenters. The van der Waals surface area contributed by atoms with Gasteiger partial charge in [0.2, 0.25) is 0 Å². The first kappa shape index (κ1) is 14.3. The average molecular weight is 322 g/mol. The SMILES string of the molecule is Cc1cccc(-c2nc(Cn3cnc4c(cnn4C)c3=O)no2)c1. The third-order valence-corrected chi connectivity index (χ3v) is 3.76.